The van der Waals surface area contributed by atoms with Crippen LogP contribution in [-0.2, 0) is 15.6 Å². The van der Waals surface area contributed by atoms with Crippen molar-refractivity contribution < 1.29 is 17.8 Å². The molecule has 0 bridgehead atoms. The molecule has 0 aliphatic rings. The summed E-state index contributed by atoms with van der Waals surface area (Å²) in [6.45, 7) is 0. The third-order valence-corrected chi connectivity index (χ3v) is 3.92. The van der Waals surface area contributed by atoms with Gasteiger partial charge in [-0.2, -0.15) is 0 Å². The van der Waals surface area contributed by atoms with E-state index in [1.807, 2.05) is 0 Å². The standard InChI is InChI=1S/C14H12F2N2O2S/c15-9-4-5-13(12(16)6-9)21(20)8-14(19)18-11-3-1-2-10(17)7-11/h1-7H,8,17H2,(H,18,19). The zero-order valence-corrected chi connectivity index (χ0v) is 11.6. The maximum atomic E-state index is 13.4. The average Bonchev–Trinajstić information content (AvgIpc) is 2.38. The number of amides is 1. The summed E-state index contributed by atoms with van der Waals surface area (Å²) < 4.78 is 38.1. The van der Waals surface area contributed by atoms with Crippen LogP contribution in [0.4, 0.5) is 20.2 Å². The lowest BCUT2D eigenvalue weighted by molar-refractivity contribution is -0.113. The Labute approximate surface area is 122 Å². The third kappa shape index (κ3) is 4.09. The lowest BCUT2D eigenvalue weighted by Crippen LogP contribution is -2.20. The molecule has 1 amide bonds. The largest absolute Gasteiger partial charge is 0.399 e. The van der Waals surface area contributed by atoms with Gasteiger partial charge in [0, 0.05) is 17.4 Å². The van der Waals surface area contributed by atoms with E-state index in [0.717, 1.165) is 12.1 Å². The van der Waals surface area contributed by atoms with Crippen LogP contribution >= 0.6 is 0 Å². The Balaban J connectivity index is 2.04. The Morgan fingerprint density at radius 2 is 1.95 bits per heavy atom. The van der Waals surface area contributed by atoms with Gasteiger partial charge in [-0.3, -0.25) is 9.00 Å². The average molecular weight is 310 g/mol. The van der Waals surface area contributed by atoms with Gasteiger partial charge in [-0.15, -0.1) is 0 Å². The fourth-order valence-electron chi connectivity index (χ4n) is 1.67. The number of halogens is 2. The number of hydrogen-bond donors (Lipinski definition) is 2. The number of nitrogens with one attached hydrogen (secondary N) is 1. The summed E-state index contributed by atoms with van der Waals surface area (Å²) in [6.07, 6.45) is 0. The second-order valence-electron chi connectivity index (χ2n) is 4.24. The number of anilines is 2. The van der Waals surface area contributed by atoms with Crippen molar-refractivity contribution in [1.82, 2.24) is 0 Å². The number of benzene rings is 2. The van der Waals surface area contributed by atoms with Gasteiger partial charge in [0.1, 0.15) is 17.4 Å². The predicted molar refractivity (Wildman–Crippen MR) is 77.1 cm³/mol. The van der Waals surface area contributed by atoms with Crippen LogP contribution in [-0.4, -0.2) is 15.9 Å². The molecule has 2 rings (SSSR count). The van der Waals surface area contributed by atoms with Crippen LogP contribution in [0.3, 0.4) is 0 Å². The first-order chi connectivity index (χ1) is 9.95. The van der Waals surface area contributed by atoms with E-state index in [0.29, 0.717) is 17.4 Å². The van der Waals surface area contributed by atoms with Gasteiger partial charge in [-0.05, 0) is 30.3 Å². The summed E-state index contributed by atoms with van der Waals surface area (Å²) in [5, 5.41) is 2.51. The second-order valence-corrected chi connectivity index (χ2v) is 5.66. The van der Waals surface area contributed by atoms with E-state index in [1.54, 1.807) is 24.3 Å². The van der Waals surface area contributed by atoms with Gasteiger partial charge >= 0.3 is 0 Å². The van der Waals surface area contributed by atoms with Crippen molar-refractivity contribution in [2.45, 2.75) is 4.90 Å². The molecule has 0 spiro atoms. The quantitative estimate of drug-likeness (QED) is 0.851. The van der Waals surface area contributed by atoms with Crippen molar-refractivity contribution in [3.63, 3.8) is 0 Å². The van der Waals surface area contributed by atoms with Crippen LogP contribution in [0.1, 0.15) is 0 Å². The Hall–Kier alpha value is -2.28. The Morgan fingerprint density at radius 1 is 1.19 bits per heavy atom. The third-order valence-electron chi connectivity index (χ3n) is 2.57. The van der Waals surface area contributed by atoms with Crippen LogP contribution in [0.15, 0.2) is 47.4 Å². The number of nitrogens with two attached hydrogens (primary N) is 1. The summed E-state index contributed by atoms with van der Waals surface area (Å²) in [7, 11) is -1.90. The van der Waals surface area contributed by atoms with Crippen molar-refractivity contribution in [2.24, 2.45) is 0 Å². The highest BCUT2D eigenvalue weighted by molar-refractivity contribution is 7.85. The molecule has 0 heterocycles. The molecule has 3 N–H and O–H groups in total. The van der Waals surface area contributed by atoms with E-state index in [1.165, 1.54) is 0 Å². The Morgan fingerprint density at radius 3 is 2.62 bits per heavy atom. The minimum absolute atomic E-state index is 0.209. The molecular formula is C14H12F2N2O2S. The molecule has 0 saturated carbocycles. The molecule has 1 atom stereocenters. The van der Waals surface area contributed by atoms with E-state index in [-0.39, 0.29) is 4.90 Å². The minimum Gasteiger partial charge on any atom is -0.399 e. The fraction of sp³-hybridized carbons (Fsp3) is 0.0714. The Kier molecular flexibility index (Phi) is 4.64. The van der Waals surface area contributed by atoms with Crippen LogP contribution < -0.4 is 11.1 Å². The molecule has 2 aromatic carbocycles. The molecule has 0 radical (unpaired) electrons. The van der Waals surface area contributed by atoms with Gasteiger partial charge in [0.05, 0.1) is 15.7 Å². The van der Waals surface area contributed by atoms with E-state index in [2.05, 4.69) is 5.32 Å². The molecule has 4 nitrogen and oxygen atoms in total. The number of carbonyl (C=O) groups is 1. The summed E-state index contributed by atoms with van der Waals surface area (Å²) in [4.78, 5) is 11.5. The maximum absolute atomic E-state index is 13.4. The topological polar surface area (TPSA) is 72.2 Å². The van der Waals surface area contributed by atoms with Gasteiger partial charge < -0.3 is 11.1 Å². The molecule has 7 heteroatoms. The highest BCUT2D eigenvalue weighted by atomic mass is 32.2. The second kappa shape index (κ2) is 6.45. The van der Waals surface area contributed by atoms with Crippen LogP contribution in [0.2, 0.25) is 0 Å². The Bertz CT molecular complexity index is 707. The zero-order valence-electron chi connectivity index (χ0n) is 10.8. The number of carbonyl (C=O) groups excluding carboxylic acids is 1. The summed E-state index contributed by atoms with van der Waals surface area (Å²) >= 11 is 0. The van der Waals surface area contributed by atoms with Crippen molar-refractivity contribution in [3.05, 3.63) is 54.1 Å². The number of rotatable bonds is 4. The number of nitrogen functional groups attached to an aromatic ring is 1. The first kappa shape index (κ1) is 15.1. The normalized spacial score (nSPS) is 11.9. The summed E-state index contributed by atoms with van der Waals surface area (Å²) in [6, 6.07) is 9.15. The predicted octanol–water partition coefficient (Wildman–Crippen LogP) is 2.29. The molecule has 0 aliphatic heterocycles. The summed E-state index contributed by atoms with van der Waals surface area (Å²) in [5.41, 5.74) is 6.49. The first-order valence-electron chi connectivity index (χ1n) is 5.94. The van der Waals surface area contributed by atoms with E-state index < -0.39 is 34.1 Å². The molecule has 0 saturated heterocycles. The molecule has 110 valence electrons. The highest BCUT2D eigenvalue weighted by Crippen LogP contribution is 2.15. The maximum Gasteiger partial charge on any atom is 0.237 e. The van der Waals surface area contributed by atoms with Crippen LogP contribution in [0.5, 0.6) is 0 Å². The molecule has 0 aromatic heterocycles. The van der Waals surface area contributed by atoms with E-state index in [9.17, 15) is 17.8 Å². The van der Waals surface area contributed by atoms with Crippen molar-refractivity contribution in [1.29, 1.82) is 0 Å². The van der Waals surface area contributed by atoms with Gasteiger partial charge in [0.2, 0.25) is 5.91 Å². The molecule has 21 heavy (non-hydrogen) atoms. The zero-order chi connectivity index (χ0) is 15.4. The molecule has 2 aromatic rings. The monoisotopic (exact) mass is 310 g/mol. The highest BCUT2D eigenvalue weighted by Gasteiger charge is 2.15. The minimum atomic E-state index is -1.90. The lowest BCUT2D eigenvalue weighted by Gasteiger charge is -2.06. The molecule has 0 fully saturated rings. The molecular weight excluding hydrogens is 298 g/mol. The fourth-order valence-corrected chi connectivity index (χ4v) is 2.63. The summed E-state index contributed by atoms with van der Waals surface area (Å²) in [5.74, 6) is -2.69. The lowest BCUT2D eigenvalue weighted by atomic mass is 10.3. The van der Waals surface area contributed by atoms with Gasteiger partial charge in [-0.25, -0.2) is 8.78 Å². The van der Waals surface area contributed by atoms with Crippen molar-refractivity contribution in [3.8, 4) is 0 Å². The SMILES string of the molecule is Nc1cccc(NC(=O)CS(=O)c2ccc(F)cc2F)c1. The van der Waals surface area contributed by atoms with Crippen molar-refractivity contribution in [2.75, 3.05) is 16.8 Å². The molecule has 1 unspecified atom stereocenters. The van der Waals surface area contributed by atoms with Gasteiger partial charge in [0.15, 0.2) is 0 Å². The van der Waals surface area contributed by atoms with E-state index >= 15 is 0 Å². The van der Waals surface area contributed by atoms with Crippen LogP contribution in [0, 0.1) is 11.6 Å². The van der Waals surface area contributed by atoms with Gasteiger partial charge in [-0.1, -0.05) is 6.07 Å². The van der Waals surface area contributed by atoms with Crippen LogP contribution in [0.25, 0.3) is 0 Å². The smallest absolute Gasteiger partial charge is 0.237 e. The van der Waals surface area contributed by atoms with Crippen molar-refractivity contribution >= 4 is 28.1 Å². The van der Waals surface area contributed by atoms with E-state index in [4.69, 9.17) is 5.73 Å². The first-order valence-corrected chi connectivity index (χ1v) is 7.26. The molecule has 0 aliphatic carbocycles. The number of hydrogen-bond acceptors (Lipinski definition) is 3. The van der Waals surface area contributed by atoms with Gasteiger partial charge in [0.25, 0.3) is 0 Å².